The van der Waals surface area contributed by atoms with Gasteiger partial charge in [-0.2, -0.15) is 0 Å². The minimum atomic E-state index is -1.10. The fourth-order valence-corrected chi connectivity index (χ4v) is 3.13. The van der Waals surface area contributed by atoms with Crippen molar-refractivity contribution in [3.63, 3.8) is 0 Å². The molecular weight excluding hydrogens is 316 g/mol. The van der Waals surface area contributed by atoms with Crippen molar-refractivity contribution in [2.24, 2.45) is 0 Å². The van der Waals surface area contributed by atoms with E-state index < -0.39 is 24.0 Å². The Morgan fingerprint density at radius 2 is 2.29 bits per heavy atom. The van der Waals surface area contributed by atoms with Crippen LogP contribution in [0.5, 0.6) is 0 Å². The summed E-state index contributed by atoms with van der Waals surface area (Å²) < 4.78 is 13.0. The second kappa shape index (κ2) is 6.11. The van der Waals surface area contributed by atoms with Crippen LogP contribution in [0.1, 0.15) is 18.7 Å². The SMILES string of the molecule is C=Cc1cn([C@@H]2OC(CO)C(O)[C@@]2(C)OC)c2ncnc(NO)c12. The Morgan fingerprint density at radius 1 is 1.54 bits per heavy atom. The molecule has 0 bridgehead atoms. The Kier molecular flexibility index (Phi) is 4.28. The second-order valence-corrected chi connectivity index (χ2v) is 5.77. The van der Waals surface area contributed by atoms with Crippen LogP contribution in [0.2, 0.25) is 0 Å². The van der Waals surface area contributed by atoms with Gasteiger partial charge in [0.25, 0.3) is 0 Å². The number of fused-ring (bicyclic) bond motifs is 1. The number of ether oxygens (including phenoxy) is 2. The molecule has 130 valence electrons. The molecule has 4 N–H and O–H groups in total. The van der Waals surface area contributed by atoms with Crippen molar-refractivity contribution in [3.8, 4) is 0 Å². The zero-order valence-corrected chi connectivity index (χ0v) is 13.4. The number of anilines is 1. The molecular formula is C15H20N4O5. The normalized spacial score (nSPS) is 30.0. The molecule has 9 nitrogen and oxygen atoms in total. The summed E-state index contributed by atoms with van der Waals surface area (Å²) in [4.78, 5) is 8.23. The average molecular weight is 336 g/mol. The molecule has 24 heavy (non-hydrogen) atoms. The number of aliphatic hydroxyl groups is 2. The number of nitrogens with one attached hydrogen (secondary N) is 1. The van der Waals surface area contributed by atoms with Crippen molar-refractivity contribution in [2.75, 3.05) is 19.2 Å². The molecule has 1 fully saturated rings. The van der Waals surface area contributed by atoms with E-state index in [1.54, 1.807) is 23.8 Å². The molecule has 2 aromatic rings. The van der Waals surface area contributed by atoms with Crippen LogP contribution in [-0.2, 0) is 9.47 Å². The van der Waals surface area contributed by atoms with E-state index in [2.05, 4.69) is 16.5 Å². The van der Waals surface area contributed by atoms with Crippen molar-refractivity contribution in [1.29, 1.82) is 0 Å². The maximum absolute atomic E-state index is 10.4. The summed E-state index contributed by atoms with van der Waals surface area (Å²) in [6.07, 6.45) is 2.06. The summed E-state index contributed by atoms with van der Waals surface area (Å²) in [7, 11) is 1.47. The summed E-state index contributed by atoms with van der Waals surface area (Å²) in [6.45, 7) is 5.11. The van der Waals surface area contributed by atoms with Gasteiger partial charge in [0.05, 0.1) is 12.0 Å². The molecule has 1 aliphatic heterocycles. The van der Waals surface area contributed by atoms with Crippen molar-refractivity contribution in [1.82, 2.24) is 14.5 Å². The first-order valence-electron chi connectivity index (χ1n) is 7.39. The molecule has 4 atom stereocenters. The summed E-state index contributed by atoms with van der Waals surface area (Å²) in [5.41, 5.74) is 2.08. The van der Waals surface area contributed by atoms with Gasteiger partial charge in [-0.15, -0.1) is 0 Å². The highest BCUT2D eigenvalue weighted by Crippen LogP contribution is 2.43. The lowest BCUT2D eigenvalue weighted by Crippen LogP contribution is -2.46. The lowest BCUT2D eigenvalue weighted by molar-refractivity contribution is -0.118. The van der Waals surface area contributed by atoms with Gasteiger partial charge in [-0.05, 0) is 6.92 Å². The van der Waals surface area contributed by atoms with Gasteiger partial charge in [0, 0.05) is 18.9 Å². The molecule has 0 amide bonds. The Hall–Kier alpha value is -2.04. The first-order chi connectivity index (χ1) is 11.5. The fraction of sp³-hybridized carbons (Fsp3) is 0.467. The molecule has 3 rings (SSSR count). The predicted octanol–water partition coefficient (Wildman–Crippen LogP) is 0.531. The molecule has 0 radical (unpaired) electrons. The lowest BCUT2D eigenvalue weighted by atomic mass is 9.96. The fourth-order valence-electron chi connectivity index (χ4n) is 3.13. The summed E-state index contributed by atoms with van der Waals surface area (Å²) in [6, 6.07) is 0. The van der Waals surface area contributed by atoms with Gasteiger partial charge in [0.2, 0.25) is 0 Å². The molecule has 9 heteroatoms. The smallest absolute Gasteiger partial charge is 0.167 e. The predicted molar refractivity (Wildman–Crippen MR) is 85.4 cm³/mol. The number of methoxy groups -OCH3 is 1. The minimum Gasteiger partial charge on any atom is -0.394 e. The van der Waals surface area contributed by atoms with E-state index in [0.29, 0.717) is 16.6 Å². The Morgan fingerprint density at radius 3 is 2.88 bits per heavy atom. The number of rotatable bonds is 5. The van der Waals surface area contributed by atoms with Gasteiger partial charge in [-0.25, -0.2) is 9.97 Å². The molecule has 3 heterocycles. The molecule has 2 unspecified atom stereocenters. The van der Waals surface area contributed by atoms with Gasteiger partial charge in [0.15, 0.2) is 12.0 Å². The van der Waals surface area contributed by atoms with Crippen LogP contribution >= 0.6 is 0 Å². The average Bonchev–Trinajstić information content (AvgIpc) is 3.11. The summed E-state index contributed by atoms with van der Waals surface area (Å²) >= 11 is 0. The maximum atomic E-state index is 10.4. The monoisotopic (exact) mass is 336 g/mol. The van der Waals surface area contributed by atoms with Gasteiger partial charge in [-0.3, -0.25) is 10.7 Å². The zero-order chi connectivity index (χ0) is 17.5. The Balaban J connectivity index is 2.21. The third kappa shape index (κ3) is 2.21. The zero-order valence-electron chi connectivity index (χ0n) is 13.4. The van der Waals surface area contributed by atoms with Crippen LogP contribution in [0.3, 0.4) is 0 Å². The standard InChI is InChI=1S/C15H20N4O5/c1-4-8-5-19(13-10(8)12(18-22)16-7-17-13)14-15(2,23-3)11(21)9(6-20)24-14/h4-5,7,9,11,14,20-22H,1,6H2,2-3H3,(H,16,17,18)/t9?,11?,14-,15-/m1/s1. The third-order valence-electron chi connectivity index (χ3n) is 4.57. The largest absolute Gasteiger partial charge is 0.394 e. The maximum Gasteiger partial charge on any atom is 0.167 e. The van der Waals surface area contributed by atoms with E-state index in [0.717, 1.165) is 0 Å². The highest BCUT2D eigenvalue weighted by Gasteiger charge is 2.54. The first-order valence-corrected chi connectivity index (χ1v) is 7.39. The number of aromatic nitrogens is 3. The molecule has 0 aromatic carbocycles. The van der Waals surface area contributed by atoms with E-state index >= 15 is 0 Å². The second-order valence-electron chi connectivity index (χ2n) is 5.77. The Bertz CT molecular complexity index is 764. The van der Waals surface area contributed by atoms with E-state index in [9.17, 15) is 15.4 Å². The number of nitrogens with zero attached hydrogens (tertiary/aromatic N) is 3. The third-order valence-corrected chi connectivity index (χ3v) is 4.57. The van der Waals surface area contributed by atoms with E-state index in [-0.39, 0.29) is 12.4 Å². The van der Waals surface area contributed by atoms with Crippen molar-refractivity contribution >= 4 is 22.9 Å². The van der Waals surface area contributed by atoms with Crippen LogP contribution in [0.4, 0.5) is 5.82 Å². The number of hydrogen-bond acceptors (Lipinski definition) is 8. The summed E-state index contributed by atoms with van der Waals surface area (Å²) in [5.74, 6) is 0.227. The van der Waals surface area contributed by atoms with Crippen LogP contribution in [0.25, 0.3) is 17.1 Å². The summed E-state index contributed by atoms with van der Waals surface area (Å²) in [5, 5.41) is 29.7. The van der Waals surface area contributed by atoms with Crippen LogP contribution in [0.15, 0.2) is 19.1 Å². The quantitative estimate of drug-likeness (QED) is 0.583. The van der Waals surface area contributed by atoms with Gasteiger partial charge < -0.3 is 24.3 Å². The lowest BCUT2D eigenvalue weighted by Gasteiger charge is -2.31. The molecule has 1 aliphatic rings. The molecule has 0 spiro atoms. The van der Waals surface area contributed by atoms with Gasteiger partial charge >= 0.3 is 0 Å². The van der Waals surface area contributed by atoms with Gasteiger partial charge in [0.1, 0.15) is 29.8 Å². The molecule has 1 saturated heterocycles. The number of hydrogen-bond donors (Lipinski definition) is 4. The number of aliphatic hydroxyl groups excluding tert-OH is 2. The molecule has 0 aliphatic carbocycles. The molecule has 2 aromatic heterocycles. The van der Waals surface area contributed by atoms with Crippen LogP contribution < -0.4 is 5.48 Å². The van der Waals surface area contributed by atoms with Crippen molar-refractivity contribution in [3.05, 3.63) is 24.7 Å². The van der Waals surface area contributed by atoms with Gasteiger partial charge in [-0.1, -0.05) is 12.7 Å². The van der Waals surface area contributed by atoms with Crippen molar-refractivity contribution < 1.29 is 24.9 Å². The molecule has 0 saturated carbocycles. The highest BCUT2D eigenvalue weighted by molar-refractivity contribution is 5.95. The van der Waals surface area contributed by atoms with Crippen LogP contribution in [0, 0.1) is 0 Å². The first kappa shape index (κ1) is 16.8. The van der Waals surface area contributed by atoms with E-state index in [1.807, 2.05) is 5.48 Å². The van der Waals surface area contributed by atoms with E-state index in [4.69, 9.17) is 9.47 Å². The minimum absolute atomic E-state index is 0.227. The Labute approximate surface area is 138 Å². The highest BCUT2D eigenvalue weighted by atomic mass is 16.6. The topological polar surface area (TPSA) is 122 Å². The van der Waals surface area contributed by atoms with E-state index in [1.165, 1.54) is 13.4 Å². The van der Waals surface area contributed by atoms with Crippen molar-refractivity contribution in [2.45, 2.75) is 31.0 Å². The van der Waals surface area contributed by atoms with Crippen LogP contribution in [-0.4, -0.2) is 61.5 Å².